The van der Waals surface area contributed by atoms with E-state index in [0.29, 0.717) is 12.2 Å². The highest BCUT2D eigenvalue weighted by atomic mass is 79.9. The zero-order valence-corrected chi connectivity index (χ0v) is 15.1. The van der Waals surface area contributed by atoms with Crippen molar-refractivity contribution in [3.63, 3.8) is 0 Å². The molecule has 0 aliphatic heterocycles. The third kappa shape index (κ3) is 3.41. The first-order valence-electron chi connectivity index (χ1n) is 7.66. The van der Waals surface area contributed by atoms with E-state index in [4.69, 9.17) is 0 Å². The Hall–Kier alpha value is -2.41. The number of rotatable bonds is 5. The van der Waals surface area contributed by atoms with Gasteiger partial charge >= 0.3 is 0 Å². The second kappa shape index (κ2) is 7.00. The second-order valence-electron chi connectivity index (χ2n) is 5.46. The van der Waals surface area contributed by atoms with Gasteiger partial charge in [0.25, 0.3) is 5.91 Å². The minimum absolute atomic E-state index is 0.106. The van der Waals surface area contributed by atoms with Crippen LogP contribution in [0.1, 0.15) is 23.0 Å². The molecule has 1 amide bonds. The fourth-order valence-electron chi connectivity index (χ4n) is 2.41. The van der Waals surface area contributed by atoms with Crippen molar-refractivity contribution in [2.45, 2.75) is 20.0 Å². The van der Waals surface area contributed by atoms with Gasteiger partial charge < -0.3 is 4.90 Å². The van der Waals surface area contributed by atoms with Gasteiger partial charge in [-0.3, -0.25) is 9.48 Å². The number of carbonyl (C=O) groups is 1. The van der Waals surface area contributed by atoms with Crippen LogP contribution >= 0.6 is 15.9 Å². The highest BCUT2D eigenvalue weighted by Crippen LogP contribution is 2.18. The summed E-state index contributed by atoms with van der Waals surface area (Å²) in [6, 6.07) is 9.86. The zero-order chi connectivity index (χ0) is 17.1. The standard InChI is InChI=1S/C17H18BrN5O/c1-3-22-12-15(18)16(20-22)17(24)21(2)11-13-5-7-14(8-6-13)23-10-4-9-19-23/h4-10,12H,3,11H2,1-2H3. The van der Waals surface area contributed by atoms with Crippen LogP contribution in [0.25, 0.3) is 5.69 Å². The average molecular weight is 388 g/mol. The van der Waals surface area contributed by atoms with E-state index in [0.717, 1.165) is 22.3 Å². The molecule has 0 radical (unpaired) electrons. The first-order valence-corrected chi connectivity index (χ1v) is 8.45. The molecule has 0 aliphatic carbocycles. The van der Waals surface area contributed by atoms with E-state index in [1.165, 1.54) is 0 Å². The molecule has 0 atom stereocenters. The molecule has 0 saturated heterocycles. The lowest BCUT2D eigenvalue weighted by molar-refractivity contribution is 0.0777. The molecule has 1 aromatic carbocycles. The van der Waals surface area contributed by atoms with Gasteiger partial charge in [-0.15, -0.1) is 0 Å². The van der Waals surface area contributed by atoms with Crippen LogP contribution in [0.15, 0.2) is 53.4 Å². The van der Waals surface area contributed by atoms with Crippen LogP contribution in [0.2, 0.25) is 0 Å². The van der Waals surface area contributed by atoms with Gasteiger partial charge in [0.15, 0.2) is 5.69 Å². The number of amides is 1. The molecule has 3 rings (SSSR count). The summed E-state index contributed by atoms with van der Waals surface area (Å²) in [5, 5.41) is 8.51. The van der Waals surface area contributed by atoms with Gasteiger partial charge in [-0.25, -0.2) is 4.68 Å². The van der Waals surface area contributed by atoms with Gasteiger partial charge in [0.1, 0.15) is 0 Å². The van der Waals surface area contributed by atoms with Crippen molar-refractivity contribution in [1.29, 1.82) is 0 Å². The van der Waals surface area contributed by atoms with Gasteiger partial charge in [-0.2, -0.15) is 10.2 Å². The summed E-state index contributed by atoms with van der Waals surface area (Å²) in [7, 11) is 1.78. The predicted molar refractivity (Wildman–Crippen MR) is 95.0 cm³/mol. The van der Waals surface area contributed by atoms with E-state index in [1.54, 1.807) is 27.5 Å². The van der Waals surface area contributed by atoms with Gasteiger partial charge in [0, 0.05) is 38.7 Å². The van der Waals surface area contributed by atoms with Crippen molar-refractivity contribution in [2.75, 3.05) is 7.05 Å². The van der Waals surface area contributed by atoms with Crippen molar-refractivity contribution in [1.82, 2.24) is 24.5 Å². The number of carbonyl (C=O) groups excluding carboxylic acids is 1. The predicted octanol–water partition coefficient (Wildman–Crippen LogP) is 3.12. The minimum atomic E-state index is -0.106. The summed E-state index contributed by atoms with van der Waals surface area (Å²) in [5.41, 5.74) is 2.47. The molecule has 0 spiro atoms. The van der Waals surface area contributed by atoms with E-state index in [9.17, 15) is 4.79 Å². The largest absolute Gasteiger partial charge is 0.336 e. The molecular weight excluding hydrogens is 370 g/mol. The molecule has 7 heteroatoms. The quantitative estimate of drug-likeness (QED) is 0.675. The molecule has 0 unspecified atom stereocenters. The highest BCUT2D eigenvalue weighted by Gasteiger charge is 2.19. The van der Waals surface area contributed by atoms with Crippen LogP contribution in [0.3, 0.4) is 0 Å². The van der Waals surface area contributed by atoms with Gasteiger partial charge in [0.05, 0.1) is 10.2 Å². The third-order valence-electron chi connectivity index (χ3n) is 3.72. The van der Waals surface area contributed by atoms with Crippen molar-refractivity contribution in [3.8, 4) is 5.69 Å². The molecular formula is C17H18BrN5O. The van der Waals surface area contributed by atoms with Crippen LogP contribution in [-0.4, -0.2) is 37.4 Å². The van der Waals surface area contributed by atoms with Crippen molar-refractivity contribution >= 4 is 21.8 Å². The van der Waals surface area contributed by atoms with E-state index in [-0.39, 0.29) is 5.91 Å². The van der Waals surface area contributed by atoms with Crippen LogP contribution in [0, 0.1) is 0 Å². The second-order valence-corrected chi connectivity index (χ2v) is 6.31. The van der Waals surface area contributed by atoms with Crippen molar-refractivity contribution < 1.29 is 4.79 Å². The molecule has 24 heavy (non-hydrogen) atoms. The van der Waals surface area contributed by atoms with E-state index >= 15 is 0 Å². The average Bonchev–Trinajstić information content (AvgIpc) is 3.24. The lowest BCUT2D eigenvalue weighted by Gasteiger charge is -2.16. The smallest absolute Gasteiger partial charge is 0.275 e. The molecule has 3 aromatic rings. The fourth-order valence-corrected chi connectivity index (χ4v) is 2.89. The summed E-state index contributed by atoms with van der Waals surface area (Å²) in [5.74, 6) is -0.106. The van der Waals surface area contributed by atoms with Crippen LogP contribution < -0.4 is 0 Å². The summed E-state index contributed by atoms with van der Waals surface area (Å²) in [4.78, 5) is 14.2. The maximum Gasteiger partial charge on any atom is 0.275 e. The Balaban J connectivity index is 1.70. The number of halogens is 1. The third-order valence-corrected chi connectivity index (χ3v) is 4.30. The topological polar surface area (TPSA) is 56.0 Å². The normalized spacial score (nSPS) is 10.8. The molecule has 0 bridgehead atoms. The Morgan fingerprint density at radius 1 is 1.29 bits per heavy atom. The Morgan fingerprint density at radius 2 is 2.04 bits per heavy atom. The van der Waals surface area contributed by atoms with Crippen LogP contribution in [0.4, 0.5) is 0 Å². The molecule has 0 saturated carbocycles. The minimum Gasteiger partial charge on any atom is -0.336 e. The van der Waals surface area contributed by atoms with E-state index < -0.39 is 0 Å². The molecule has 6 nitrogen and oxygen atoms in total. The first-order chi connectivity index (χ1) is 11.6. The molecule has 124 valence electrons. The van der Waals surface area contributed by atoms with Crippen LogP contribution in [-0.2, 0) is 13.1 Å². The Morgan fingerprint density at radius 3 is 2.62 bits per heavy atom. The summed E-state index contributed by atoms with van der Waals surface area (Å²) < 4.78 is 4.26. The Kier molecular flexibility index (Phi) is 4.80. The maximum atomic E-state index is 12.6. The van der Waals surface area contributed by atoms with E-state index in [2.05, 4.69) is 26.1 Å². The lowest BCUT2D eigenvalue weighted by atomic mass is 10.2. The monoisotopic (exact) mass is 387 g/mol. The molecule has 0 fully saturated rings. The Bertz CT molecular complexity index is 823. The van der Waals surface area contributed by atoms with Crippen molar-refractivity contribution in [2.24, 2.45) is 0 Å². The van der Waals surface area contributed by atoms with Gasteiger partial charge in [-0.05, 0) is 46.6 Å². The number of nitrogens with zero attached hydrogens (tertiary/aromatic N) is 5. The van der Waals surface area contributed by atoms with E-state index in [1.807, 2.05) is 49.6 Å². The van der Waals surface area contributed by atoms with Gasteiger partial charge in [-0.1, -0.05) is 12.1 Å². The van der Waals surface area contributed by atoms with Crippen molar-refractivity contribution in [3.05, 3.63) is 64.7 Å². The number of aryl methyl sites for hydroxylation is 1. The number of hydrogen-bond acceptors (Lipinski definition) is 3. The summed E-state index contributed by atoms with van der Waals surface area (Å²) in [6.07, 6.45) is 5.46. The number of benzene rings is 1. The molecule has 0 aliphatic rings. The Labute approximate surface area is 148 Å². The SMILES string of the molecule is CCn1cc(Br)c(C(=O)N(C)Cc2ccc(-n3cccn3)cc2)n1. The first kappa shape index (κ1) is 16.4. The molecule has 2 heterocycles. The number of aromatic nitrogens is 4. The summed E-state index contributed by atoms with van der Waals surface area (Å²) in [6.45, 7) is 3.23. The lowest BCUT2D eigenvalue weighted by Crippen LogP contribution is -2.27. The molecule has 0 N–H and O–H groups in total. The summed E-state index contributed by atoms with van der Waals surface area (Å²) >= 11 is 3.40. The van der Waals surface area contributed by atoms with Gasteiger partial charge in [0.2, 0.25) is 0 Å². The maximum absolute atomic E-state index is 12.6. The number of hydrogen-bond donors (Lipinski definition) is 0. The fraction of sp³-hybridized carbons (Fsp3) is 0.235. The van der Waals surface area contributed by atoms with Crippen LogP contribution in [0.5, 0.6) is 0 Å². The zero-order valence-electron chi connectivity index (χ0n) is 13.6. The molecule has 2 aromatic heterocycles. The highest BCUT2D eigenvalue weighted by molar-refractivity contribution is 9.10.